The number of amides is 2. The van der Waals surface area contributed by atoms with Gasteiger partial charge in [0.05, 0.1) is 6.04 Å². The lowest BCUT2D eigenvalue weighted by Crippen LogP contribution is -2.50. The molecule has 0 aromatic carbocycles. The van der Waals surface area contributed by atoms with Crippen LogP contribution in [0.25, 0.3) is 0 Å². The van der Waals surface area contributed by atoms with Crippen molar-refractivity contribution in [2.75, 3.05) is 13.1 Å². The molecular weight excluding hydrogens is 280 g/mol. The van der Waals surface area contributed by atoms with Gasteiger partial charge >= 0.3 is 6.09 Å². The van der Waals surface area contributed by atoms with E-state index in [1.807, 2.05) is 26.8 Å². The largest absolute Gasteiger partial charge is 0.444 e. The molecule has 0 aromatic heterocycles. The Morgan fingerprint density at radius 2 is 2.18 bits per heavy atom. The average molecular weight is 306 g/mol. The maximum Gasteiger partial charge on any atom is 0.410 e. The molecule has 5 nitrogen and oxygen atoms in total. The fourth-order valence-electron chi connectivity index (χ4n) is 2.82. The number of piperidine rings is 1. The number of carbonyl (C=O) groups is 2. The van der Waals surface area contributed by atoms with E-state index in [0.29, 0.717) is 13.1 Å². The smallest absolute Gasteiger partial charge is 0.410 e. The first-order chi connectivity index (χ1) is 10.4. The van der Waals surface area contributed by atoms with Gasteiger partial charge in [-0.05, 0) is 52.5 Å². The molecule has 1 saturated heterocycles. The van der Waals surface area contributed by atoms with E-state index < -0.39 is 5.60 Å². The van der Waals surface area contributed by atoms with Crippen molar-refractivity contribution in [3.8, 4) is 0 Å². The van der Waals surface area contributed by atoms with Crippen molar-refractivity contribution in [2.24, 2.45) is 0 Å². The highest BCUT2D eigenvalue weighted by molar-refractivity contribution is 5.68. The molecule has 0 saturated carbocycles. The van der Waals surface area contributed by atoms with Crippen LogP contribution in [0.5, 0.6) is 0 Å². The van der Waals surface area contributed by atoms with Crippen LogP contribution in [0.2, 0.25) is 0 Å². The molecule has 1 fully saturated rings. The molecule has 0 N–H and O–H groups in total. The number of likely N-dealkylation sites (tertiary alicyclic amines) is 1. The van der Waals surface area contributed by atoms with Gasteiger partial charge in [-0.1, -0.05) is 12.2 Å². The first-order valence-corrected chi connectivity index (χ1v) is 7.99. The molecule has 1 unspecified atom stereocenters. The molecule has 22 heavy (non-hydrogen) atoms. The minimum absolute atomic E-state index is 0.0211. The van der Waals surface area contributed by atoms with Crippen LogP contribution in [-0.2, 0) is 9.53 Å². The number of carbonyl (C=O) groups excluding carboxylic acids is 2. The van der Waals surface area contributed by atoms with Crippen LogP contribution < -0.4 is 0 Å². The molecular formula is C17H26N2O3. The third kappa shape index (κ3) is 4.36. The summed E-state index contributed by atoms with van der Waals surface area (Å²) < 4.78 is 5.44. The van der Waals surface area contributed by atoms with Gasteiger partial charge in [0.15, 0.2) is 0 Å². The molecule has 2 aliphatic rings. The second kappa shape index (κ2) is 6.99. The van der Waals surface area contributed by atoms with E-state index >= 15 is 0 Å². The summed E-state index contributed by atoms with van der Waals surface area (Å²) in [5.41, 5.74) is 0.445. The van der Waals surface area contributed by atoms with Crippen LogP contribution in [0, 0.1) is 0 Å². The fourth-order valence-corrected chi connectivity index (χ4v) is 2.82. The molecule has 1 atom stereocenters. The van der Waals surface area contributed by atoms with Gasteiger partial charge in [0.25, 0.3) is 0 Å². The molecule has 2 amide bonds. The van der Waals surface area contributed by atoms with Crippen molar-refractivity contribution in [1.29, 1.82) is 0 Å². The van der Waals surface area contributed by atoms with Crippen molar-refractivity contribution >= 4 is 12.5 Å². The summed E-state index contributed by atoms with van der Waals surface area (Å²) in [6.45, 7) is 6.80. The quantitative estimate of drug-likeness (QED) is 0.753. The molecule has 0 bridgehead atoms. The zero-order chi connectivity index (χ0) is 16.2. The summed E-state index contributed by atoms with van der Waals surface area (Å²) in [5, 5.41) is 0. The third-order valence-electron chi connectivity index (χ3n) is 3.83. The van der Waals surface area contributed by atoms with Gasteiger partial charge in [-0.25, -0.2) is 4.79 Å². The summed E-state index contributed by atoms with van der Waals surface area (Å²) >= 11 is 0. The number of nitrogens with zero attached hydrogens (tertiary/aromatic N) is 2. The van der Waals surface area contributed by atoms with Gasteiger partial charge in [0, 0.05) is 18.8 Å². The van der Waals surface area contributed by atoms with E-state index in [4.69, 9.17) is 4.74 Å². The molecule has 2 rings (SSSR count). The van der Waals surface area contributed by atoms with Crippen LogP contribution in [-0.4, -0.2) is 47.0 Å². The second-order valence-electron chi connectivity index (χ2n) is 6.84. The van der Waals surface area contributed by atoms with Crippen molar-refractivity contribution in [2.45, 2.75) is 58.1 Å². The highest BCUT2D eigenvalue weighted by atomic mass is 16.6. The maximum absolute atomic E-state index is 12.2. The van der Waals surface area contributed by atoms with Crippen molar-refractivity contribution < 1.29 is 14.3 Å². The number of hydrogen-bond donors (Lipinski definition) is 0. The van der Waals surface area contributed by atoms with Crippen molar-refractivity contribution in [1.82, 2.24) is 9.80 Å². The molecule has 1 heterocycles. The Balaban J connectivity index is 2.02. The van der Waals surface area contributed by atoms with Gasteiger partial charge < -0.3 is 14.5 Å². The molecule has 5 heteroatoms. The lowest BCUT2D eigenvalue weighted by Gasteiger charge is -2.38. The van der Waals surface area contributed by atoms with Gasteiger partial charge in [0.2, 0.25) is 6.41 Å². The molecule has 0 spiro atoms. The molecule has 122 valence electrons. The molecule has 0 radical (unpaired) electrons. The molecule has 0 aromatic rings. The second-order valence-corrected chi connectivity index (χ2v) is 6.84. The fraction of sp³-hybridized carbons (Fsp3) is 0.647. The van der Waals surface area contributed by atoms with E-state index in [1.165, 1.54) is 0 Å². The number of ether oxygens (including phenoxy) is 1. The summed E-state index contributed by atoms with van der Waals surface area (Å²) in [4.78, 5) is 27.2. The predicted octanol–water partition coefficient (Wildman–Crippen LogP) is 3.08. The summed E-state index contributed by atoms with van der Waals surface area (Å²) in [7, 11) is 0. The zero-order valence-electron chi connectivity index (χ0n) is 13.7. The van der Waals surface area contributed by atoms with Crippen molar-refractivity contribution in [3.63, 3.8) is 0 Å². The number of hydrogen-bond acceptors (Lipinski definition) is 3. The Labute approximate surface area is 132 Å². The van der Waals surface area contributed by atoms with Gasteiger partial charge in [-0.15, -0.1) is 0 Å². The zero-order valence-corrected chi connectivity index (χ0v) is 13.7. The Morgan fingerprint density at radius 3 is 2.77 bits per heavy atom. The standard InChI is InChI=1S/C17H26N2O3/c1-17(2,3)22-16(21)18-11-7-10-15(12-18)19(13-20)14-8-5-4-6-9-14/h5,8-9,13,15H,4,6-7,10-12H2,1-3H3. The Hall–Kier alpha value is -1.78. The van der Waals surface area contributed by atoms with Gasteiger partial charge in [0.1, 0.15) is 5.60 Å². The minimum Gasteiger partial charge on any atom is -0.444 e. The van der Waals surface area contributed by atoms with Crippen LogP contribution in [0.15, 0.2) is 23.9 Å². The Kier molecular flexibility index (Phi) is 5.27. The molecule has 1 aliphatic heterocycles. The number of allylic oxidation sites excluding steroid dienone is 3. The molecule has 1 aliphatic carbocycles. The van der Waals surface area contributed by atoms with Crippen LogP contribution in [0.1, 0.15) is 46.5 Å². The Bertz CT molecular complexity index is 477. The van der Waals surface area contributed by atoms with Gasteiger partial charge in [-0.2, -0.15) is 0 Å². The SMILES string of the molecule is CC(C)(C)OC(=O)N1CCCC(N(C=O)C2=CCCC=C2)C1. The minimum atomic E-state index is -0.497. The highest BCUT2D eigenvalue weighted by Gasteiger charge is 2.31. The van der Waals surface area contributed by atoms with E-state index in [1.54, 1.807) is 9.80 Å². The first kappa shape index (κ1) is 16.6. The monoisotopic (exact) mass is 306 g/mol. The number of rotatable bonds is 3. The lowest BCUT2D eigenvalue weighted by molar-refractivity contribution is -0.119. The summed E-state index contributed by atoms with van der Waals surface area (Å²) in [6.07, 6.45) is 10.5. The maximum atomic E-state index is 12.2. The average Bonchev–Trinajstić information content (AvgIpc) is 2.48. The van der Waals surface area contributed by atoms with Gasteiger partial charge in [-0.3, -0.25) is 4.79 Å². The van der Waals surface area contributed by atoms with E-state index in [-0.39, 0.29) is 12.1 Å². The van der Waals surface area contributed by atoms with E-state index in [9.17, 15) is 9.59 Å². The summed E-state index contributed by atoms with van der Waals surface area (Å²) in [5.74, 6) is 0. The Morgan fingerprint density at radius 1 is 1.41 bits per heavy atom. The van der Waals surface area contributed by atoms with E-state index in [0.717, 1.165) is 37.8 Å². The van der Waals surface area contributed by atoms with Crippen LogP contribution in [0.4, 0.5) is 4.79 Å². The highest BCUT2D eigenvalue weighted by Crippen LogP contribution is 2.23. The third-order valence-corrected chi connectivity index (χ3v) is 3.83. The normalized spacial score (nSPS) is 22.0. The lowest BCUT2D eigenvalue weighted by atomic mass is 10.0. The summed E-state index contributed by atoms with van der Waals surface area (Å²) in [6, 6.07) is 0.0211. The topological polar surface area (TPSA) is 49.9 Å². The van der Waals surface area contributed by atoms with Crippen molar-refractivity contribution in [3.05, 3.63) is 23.9 Å². The first-order valence-electron chi connectivity index (χ1n) is 7.99. The van der Waals surface area contributed by atoms with Crippen LogP contribution >= 0.6 is 0 Å². The van der Waals surface area contributed by atoms with Crippen LogP contribution in [0.3, 0.4) is 0 Å². The van der Waals surface area contributed by atoms with E-state index in [2.05, 4.69) is 12.2 Å². The predicted molar refractivity (Wildman–Crippen MR) is 85.2 cm³/mol.